The zero-order chi connectivity index (χ0) is 23.2. The minimum absolute atomic E-state index is 0.113. The number of ketones is 1. The van der Waals surface area contributed by atoms with Gasteiger partial charge in [0.25, 0.3) is 5.91 Å². The van der Waals surface area contributed by atoms with Gasteiger partial charge in [-0.15, -0.1) is 0 Å². The highest BCUT2D eigenvalue weighted by Crippen LogP contribution is 2.25. The third kappa shape index (κ3) is 5.40. The molecule has 0 unspecified atom stereocenters. The van der Waals surface area contributed by atoms with E-state index in [4.69, 9.17) is 0 Å². The number of nitrogens with zero attached hydrogens (tertiary/aromatic N) is 2. The molecule has 0 spiro atoms. The van der Waals surface area contributed by atoms with Crippen molar-refractivity contribution in [2.75, 3.05) is 0 Å². The Morgan fingerprint density at radius 3 is 2.58 bits per heavy atom. The molecule has 0 radical (unpaired) electrons. The van der Waals surface area contributed by atoms with Gasteiger partial charge >= 0.3 is 0 Å². The number of fused-ring (bicyclic) bond motifs is 1. The normalized spacial score (nSPS) is 12.1. The van der Waals surface area contributed by atoms with E-state index in [1.54, 1.807) is 6.92 Å². The van der Waals surface area contributed by atoms with Crippen molar-refractivity contribution in [2.45, 2.75) is 45.1 Å². The number of Topliss-reactive ketones (excluding diaryl/α,β-unsaturated/α-hetero) is 1. The van der Waals surface area contributed by atoms with Gasteiger partial charge in [-0.05, 0) is 31.4 Å². The number of hydrogen-bond acceptors (Lipinski definition) is 3. The largest absolute Gasteiger partial charge is 0.350 e. The molecule has 0 aliphatic carbocycles. The molecule has 2 aromatic carbocycles. The minimum Gasteiger partial charge on any atom is -0.350 e. The zero-order valence-corrected chi connectivity index (χ0v) is 19.2. The number of para-hydroxylation sites is 1. The van der Waals surface area contributed by atoms with Crippen LogP contribution in [0.1, 0.15) is 61.3 Å². The van der Waals surface area contributed by atoms with Crippen LogP contribution in [-0.2, 0) is 11.8 Å². The van der Waals surface area contributed by atoms with Gasteiger partial charge in [-0.1, -0.05) is 61.4 Å². The van der Waals surface area contributed by atoms with Crippen LogP contribution in [0.4, 0.5) is 0 Å². The monoisotopic (exact) mass is 442 g/mol. The summed E-state index contributed by atoms with van der Waals surface area (Å²) in [4.78, 5) is 32.5. The number of H-pyrrole nitrogens is 1. The molecule has 0 bridgehead atoms. The number of carbonyl (C=O) groups is 2. The maximum absolute atomic E-state index is 13.3. The number of rotatable bonds is 10. The molecule has 170 valence electrons. The number of unbranched alkanes of at least 4 members (excludes halogenated alkanes) is 2. The number of aromatic amines is 1. The van der Waals surface area contributed by atoms with E-state index < -0.39 is 0 Å². The first-order valence-electron chi connectivity index (χ1n) is 11.5. The lowest BCUT2D eigenvalue weighted by Crippen LogP contribution is -2.29. The first kappa shape index (κ1) is 22.5. The summed E-state index contributed by atoms with van der Waals surface area (Å²) in [6, 6.07) is 17.7. The second-order valence-electron chi connectivity index (χ2n) is 8.55. The van der Waals surface area contributed by atoms with E-state index in [0.717, 1.165) is 53.7 Å². The van der Waals surface area contributed by atoms with Crippen LogP contribution in [0.3, 0.4) is 0 Å². The molecular weight excluding hydrogens is 412 g/mol. The van der Waals surface area contributed by atoms with Gasteiger partial charge in [0.15, 0.2) is 0 Å². The molecule has 6 nitrogen and oxygen atoms in total. The molecule has 33 heavy (non-hydrogen) atoms. The van der Waals surface area contributed by atoms with E-state index in [9.17, 15) is 9.59 Å². The zero-order valence-electron chi connectivity index (χ0n) is 19.2. The Labute approximate surface area is 194 Å². The van der Waals surface area contributed by atoms with Crippen molar-refractivity contribution in [2.24, 2.45) is 7.05 Å². The van der Waals surface area contributed by atoms with E-state index >= 15 is 0 Å². The standard InChI is InChI=1S/C27H30N4O2/c1-19(32)11-5-3-8-15-23(26-28-17-24(29-26)20-12-6-4-7-13-20)30-27(33)22-18-31(2)25-16-10-9-14-21(22)25/h4,6-7,9-10,12-14,16-18,23H,3,5,8,11,15H2,1-2H3,(H,28,29)(H,30,33)/t23-/m0/s1. The summed E-state index contributed by atoms with van der Waals surface area (Å²) >= 11 is 0. The fraction of sp³-hybridized carbons (Fsp3) is 0.296. The number of imidazole rings is 1. The summed E-state index contributed by atoms with van der Waals surface area (Å²) in [6.45, 7) is 1.63. The lowest BCUT2D eigenvalue weighted by molar-refractivity contribution is -0.117. The molecule has 1 atom stereocenters. The van der Waals surface area contributed by atoms with Gasteiger partial charge in [0, 0.05) is 30.6 Å². The predicted molar refractivity (Wildman–Crippen MR) is 131 cm³/mol. The van der Waals surface area contributed by atoms with Crippen molar-refractivity contribution >= 4 is 22.6 Å². The molecule has 2 heterocycles. The van der Waals surface area contributed by atoms with E-state index in [0.29, 0.717) is 12.0 Å². The fourth-order valence-electron chi connectivity index (χ4n) is 4.21. The Kier molecular flexibility index (Phi) is 7.03. The van der Waals surface area contributed by atoms with Crippen LogP contribution in [0.5, 0.6) is 0 Å². The van der Waals surface area contributed by atoms with E-state index in [1.165, 1.54) is 0 Å². The van der Waals surface area contributed by atoms with Crippen molar-refractivity contribution in [3.8, 4) is 11.3 Å². The van der Waals surface area contributed by atoms with E-state index in [-0.39, 0.29) is 17.7 Å². The van der Waals surface area contributed by atoms with Crippen molar-refractivity contribution in [3.05, 3.63) is 78.4 Å². The quantitative estimate of drug-likeness (QED) is 0.315. The highest BCUT2D eigenvalue weighted by atomic mass is 16.1. The van der Waals surface area contributed by atoms with Crippen LogP contribution >= 0.6 is 0 Å². The molecule has 4 aromatic rings. The van der Waals surface area contributed by atoms with Gasteiger partial charge < -0.3 is 19.7 Å². The second kappa shape index (κ2) is 10.3. The van der Waals surface area contributed by atoms with Crippen molar-refractivity contribution in [3.63, 3.8) is 0 Å². The molecule has 1 amide bonds. The molecule has 0 aliphatic rings. The summed E-state index contributed by atoms with van der Waals surface area (Å²) in [6.07, 6.45) is 7.75. The Hall–Kier alpha value is -3.67. The number of carbonyl (C=O) groups excluding carboxylic acids is 2. The van der Waals surface area contributed by atoms with Gasteiger partial charge in [0.05, 0.1) is 23.5 Å². The highest BCUT2D eigenvalue weighted by molar-refractivity contribution is 6.07. The number of aryl methyl sites for hydroxylation is 1. The Bertz CT molecular complexity index is 1240. The SMILES string of the molecule is CC(=O)CCCCC[C@H](NC(=O)c1cn(C)c2ccccc12)c1ncc(-c2ccccc2)[nH]1. The summed E-state index contributed by atoms with van der Waals surface area (Å²) in [5, 5.41) is 4.14. The Morgan fingerprint density at radius 2 is 1.79 bits per heavy atom. The topological polar surface area (TPSA) is 79.8 Å². The summed E-state index contributed by atoms with van der Waals surface area (Å²) in [7, 11) is 1.95. The third-order valence-electron chi connectivity index (χ3n) is 5.98. The van der Waals surface area contributed by atoms with E-state index in [2.05, 4.69) is 15.3 Å². The second-order valence-corrected chi connectivity index (χ2v) is 8.55. The lowest BCUT2D eigenvalue weighted by Gasteiger charge is -2.17. The number of aromatic nitrogens is 3. The molecule has 0 fully saturated rings. The first-order chi connectivity index (χ1) is 16.0. The van der Waals surface area contributed by atoms with Crippen molar-refractivity contribution < 1.29 is 9.59 Å². The van der Waals surface area contributed by atoms with Gasteiger partial charge in [-0.3, -0.25) is 4.79 Å². The minimum atomic E-state index is -0.244. The maximum Gasteiger partial charge on any atom is 0.254 e. The summed E-state index contributed by atoms with van der Waals surface area (Å²) < 4.78 is 1.97. The van der Waals surface area contributed by atoms with Gasteiger partial charge in [-0.2, -0.15) is 0 Å². The number of nitrogens with one attached hydrogen (secondary N) is 2. The van der Waals surface area contributed by atoms with Crippen LogP contribution in [0.25, 0.3) is 22.2 Å². The van der Waals surface area contributed by atoms with Crippen LogP contribution in [-0.4, -0.2) is 26.2 Å². The smallest absolute Gasteiger partial charge is 0.254 e. The van der Waals surface area contributed by atoms with Gasteiger partial charge in [-0.25, -0.2) is 4.98 Å². The van der Waals surface area contributed by atoms with Crippen LogP contribution in [0.15, 0.2) is 67.0 Å². The molecule has 0 saturated carbocycles. The Morgan fingerprint density at radius 1 is 1.03 bits per heavy atom. The molecule has 4 rings (SSSR count). The average molecular weight is 443 g/mol. The molecule has 0 aliphatic heterocycles. The fourth-order valence-corrected chi connectivity index (χ4v) is 4.21. The maximum atomic E-state index is 13.3. The molecule has 0 saturated heterocycles. The molecular formula is C27H30N4O2. The summed E-state index contributed by atoms with van der Waals surface area (Å²) in [5.41, 5.74) is 3.65. The highest BCUT2D eigenvalue weighted by Gasteiger charge is 2.21. The van der Waals surface area contributed by atoms with Crippen molar-refractivity contribution in [1.82, 2.24) is 19.9 Å². The van der Waals surface area contributed by atoms with Crippen molar-refractivity contribution in [1.29, 1.82) is 0 Å². The van der Waals surface area contributed by atoms with Crippen LogP contribution in [0, 0.1) is 0 Å². The number of amides is 1. The number of hydrogen-bond donors (Lipinski definition) is 2. The predicted octanol–water partition coefficient (Wildman–Crippen LogP) is 5.58. The van der Waals surface area contributed by atoms with Crippen LogP contribution < -0.4 is 5.32 Å². The Balaban J connectivity index is 1.54. The average Bonchev–Trinajstić information content (AvgIpc) is 3.44. The van der Waals surface area contributed by atoms with Gasteiger partial charge in [0.2, 0.25) is 0 Å². The van der Waals surface area contributed by atoms with E-state index in [1.807, 2.05) is 78.6 Å². The summed E-state index contributed by atoms with van der Waals surface area (Å²) in [5.74, 6) is 0.849. The molecule has 2 N–H and O–H groups in total. The molecule has 6 heteroatoms. The lowest BCUT2D eigenvalue weighted by atomic mass is 10.0. The number of benzene rings is 2. The van der Waals surface area contributed by atoms with Crippen LogP contribution in [0.2, 0.25) is 0 Å². The van der Waals surface area contributed by atoms with Gasteiger partial charge in [0.1, 0.15) is 11.6 Å². The first-order valence-corrected chi connectivity index (χ1v) is 11.5. The molecule has 2 aromatic heterocycles. The third-order valence-corrected chi connectivity index (χ3v) is 5.98.